The Morgan fingerprint density at radius 1 is 1.40 bits per heavy atom. The Labute approximate surface area is 119 Å². The third kappa shape index (κ3) is 5.03. The molecular weight excluding hydrogens is 258 g/mol. The molecule has 0 saturated heterocycles. The van der Waals surface area contributed by atoms with Crippen LogP contribution in [0.4, 0.5) is 5.82 Å². The van der Waals surface area contributed by atoms with E-state index in [9.17, 15) is 9.59 Å². The average molecular weight is 281 g/mol. The molecule has 0 aliphatic carbocycles. The van der Waals surface area contributed by atoms with Crippen molar-refractivity contribution in [2.75, 3.05) is 18.4 Å². The molecule has 0 radical (unpaired) electrons. The van der Waals surface area contributed by atoms with E-state index >= 15 is 0 Å². The Morgan fingerprint density at radius 3 is 2.60 bits per heavy atom. The number of amides is 2. The number of aromatic nitrogens is 1. The summed E-state index contributed by atoms with van der Waals surface area (Å²) in [7, 11) is 0. The second-order valence-electron chi connectivity index (χ2n) is 5.76. The number of hydrogen-bond donors (Lipinski definition) is 1. The summed E-state index contributed by atoms with van der Waals surface area (Å²) in [6.07, 6.45) is 3.22. The van der Waals surface area contributed by atoms with Gasteiger partial charge in [0.05, 0.1) is 6.54 Å². The highest BCUT2D eigenvalue weighted by Crippen LogP contribution is 2.18. The van der Waals surface area contributed by atoms with Crippen LogP contribution in [0.3, 0.4) is 0 Å². The molecule has 0 aliphatic heterocycles. The predicted molar refractivity (Wildman–Crippen MR) is 76.1 cm³/mol. The van der Waals surface area contributed by atoms with E-state index in [0.717, 1.165) is 12.8 Å². The van der Waals surface area contributed by atoms with Crippen LogP contribution in [-0.4, -0.2) is 35.0 Å². The van der Waals surface area contributed by atoms with Crippen molar-refractivity contribution in [2.45, 2.75) is 40.5 Å². The minimum absolute atomic E-state index is 0.0266. The smallest absolute Gasteiger partial charge is 0.245 e. The standard InChI is InChI=1S/C14H23N3O3/c1-5-6-8-17(13(19)14(2,3)4)10-12(18)15-11-7-9-20-16-11/h7,9H,5-6,8,10H2,1-4H3,(H,15,16,18). The molecule has 0 fully saturated rings. The van der Waals surface area contributed by atoms with Gasteiger partial charge in [0.25, 0.3) is 0 Å². The molecular formula is C14H23N3O3. The molecule has 1 aromatic heterocycles. The quantitative estimate of drug-likeness (QED) is 0.868. The van der Waals surface area contributed by atoms with Gasteiger partial charge in [-0.15, -0.1) is 0 Å². The minimum atomic E-state index is -0.498. The summed E-state index contributed by atoms with van der Waals surface area (Å²) in [5.74, 6) is 0.0579. The van der Waals surface area contributed by atoms with Crippen molar-refractivity contribution in [2.24, 2.45) is 5.41 Å². The number of carbonyl (C=O) groups is 2. The van der Waals surface area contributed by atoms with E-state index in [1.54, 1.807) is 11.0 Å². The number of carbonyl (C=O) groups excluding carboxylic acids is 2. The number of hydrogen-bond acceptors (Lipinski definition) is 4. The molecule has 112 valence electrons. The second kappa shape index (κ2) is 7.07. The zero-order valence-corrected chi connectivity index (χ0v) is 12.6. The fourth-order valence-electron chi connectivity index (χ4n) is 1.71. The van der Waals surface area contributed by atoms with E-state index < -0.39 is 5.41 Å². The van der Waals surface area contributed by atoms with E-state index in [-0.39, 0.29) is 18.4 Å². The van der Waals surface area contributed by atoms with Gasteiger partial charge in [0.1, 0.15) is 6.26 Å². The fraction of sp³-hybridized carbons (Fsp3) is 0.643. The molecule has 0 bridgehead atoms. The number of rotatable bonds is 6. The molecule has 0 unspecified atom stereocenters. The Morgan fingerprint density at radius 2 is 2.10 bits per heavy atom. The lowest BCUT2D eigenvalue weighted by Gasteiger charge is -2.28. The van der Waals surface area contributed by atoms with Crippen LogP contribution >= 0.6 is 0 Å². The first kappa shape index (κ1) is 16.2. The van der Waals surface area contributed by atoms with Crippen molar-refractivity contribution in [1.82, 2.24) is 10.1 Å². The third-order valence-corrected chi connectivity index (χ3v) is 2.75. The van der Waals surface area contributed by atoms with E-state index in [0.29, 0.717) is 12.4 Å². The van der Waals surface area contributed by atoms with Crippen LogP contribution < -0.4 is 5.32 Å². The Balaban J connectivity index is 2.64. The topological polar surface area (TPSA) is 75.4 Å². The Kier molecular flexibility index (Phi) is 5.73. The van der Waals surface area contributed by atoms with Gasteiger partial charge in [-0.05, 0) is 6.42 Å². The molecule has 1 N–H and O–H groups in total. The first-order chi connectivity index (χ1) is 9.34. The zero-order valence-electron chi connectivity index (χ0n) is 12.6. The summed E-state index contributed by atoms with van der Waals surface area (Å²) in [6, 6.07) is 1.56. The maximum atomic E-state index is 12.3. The summed E-state index contributed by atoms with van der Waals surface area (Å²) in [6.45, 7) is 8.22. The summed E-state index contributed by atoms with van der Waals surface area (Å²) >= 11 is 0. The molecule has 1 heterocycles. The Hall–Kier alpha value is -1.85. The lowest BCUT2D eigenvalue weighted by Crippen LogP contribution is -2.44. The summed E-state index contributed by atoms with van der Waals surface area (Å²) in [5.41, 5.74) is -0.498. The summed E-state index contributed by atoms with van der Waals surface area (Å²) in [4.78, 5) is 25.8. The monoisotopic (exact) mass is 281 g/mol. The highest BCUT2D eigenvalue weighted by Gasteiger charge is 2.28. The van der Waals surface area contributed by atoms with Crippen LogP contribution in [0.5, 0.6) is 0 Å². The van der Waals surface area contributed by atoms with Crippen LogP contribution in [0, 0.1) is 5.41 Å². The van der Waals surface area contributed by atoms with Crippen LogP contribution in [-0.2, 0) is 9.59 Å². The highest BCUT2D eigenvalue weighted by atomic mass is 16.5. The molecule has 0 saturated carbocycles. The van der Waals surface area contributed by atoms with Gasteiger partial charge >= 0.3 is 0 Å². The maximum Gasteiger partial charge on any atom is 0.245 e. The van der Waals surface area contributed by atoms with Gasteiger partial charge in [-0.1, -0.05) is 39.3 Å². The van der Waals surface area contributed by atoms with E-state index in [2.05, 4.69) is 21.9 Å². The van der Waals surface area contributed by atoms with Gasteiger partial charge in [0.15, 0.2) is 5.82 Å². The van der Waals surface area contributed by atoms with Crippen LogP contribution in [0.25, 0.3) is 0 Å². The van der Waals surface area contributed by atoms with Gasteiger partial charge in [0.2, 0.25) is 11.8 Å². The molecule has 6 heteroatoms. The molecule has 0 spiro atoms. The van der Waals surface area contributed by atoms with Crippen molar-refractivity contribution >= 4 is 17.6 Å². The van der Waals surface area contributed by atoms with Gasteiger partial charge in [-0.3, -0.25) is 9.59 Å². The summed E-state index contributed by atoms with van der Waals surface area (Å²) in [5, 5.41) is 6.21. The molecule has 6 nitrogen and oxygen atoms in total. The molecule has 20 heavy (non-hydrogen) atoms. The van der Waals surface area contributed by atoms with E-state index in [1.165, 1.54) is 6.26 Å². The highest BCUT2D eigenvalue weighted by molar-refractivity contribution is 5.94. The zero-order chi connectivity index (χ0) is 15.2. The van der Waals surface area contributed by atoms with Crippen molar-refractivity contribution in [3.8, 4) is 0 Å². The van der Waals surface area contributed by atoms with Crippen LogP contribution in [0.1, 0.15) is 40.5 Å². The number of unbranched alkanes of at least 4 members (excludes halogenated alkanes) is 1. The number of nitrogens with zero attached hydrogens (tertiary/aromatic N) is 2. The first-order valence-electron chi connectivity index (χ1n) is 6.84. The number of anilines is 1. The van der Waals surface area contributed by atoms with Crippen LogP contribution in [0.15, 0.2) is 16.9 Å². The third-order valence-electron chi connectivity index (χ3n) is 2.75. The molecule has 2 amide bonds. The average Bonchev–Trinajstić information content (AvgIpc) is 2.85. The van der Waals surface area contributed by atoms with E-state index in [1.807, 2.05) is 20.8 Å². The van der Waals surface area contributed by atoms with Gasteiger partial charge in [-0.25, -0.2) is 0 Å². The lowest BCUT2D eigenvalue weighted by molar-refractivity contribution is -0.141. The van der Waals surface area contributed by atoms with Crippen LogP contribution in [0.2, 0.25) is 0 Å². The SMILES string of the molecule is CCCCN(CC(=O)Nc1ccon1)C(=O)C(C)(C)C. The van der Waals surface area contributed by atoms with Crippen molar-refractivity contribution < 1.29 is 14.1 Å². The molecule has 0 aromatic carbocycles. The van der Waals surface area contributed by atoms with E-state index in [4.69, 9.17) is 0 Å². The lowest BCUT2D eigenvalue weighted by atomic mass is 9.94. The summed E-state index contributed by atoms with van der Waals surface area (Å²) < 4.78 is 4.64. The van der Waals surface area contributed by atoms with Gasteiger partial charge < -0.3 is 14.7 Å². The number of nitrogens with one attached hydrogen (secondary N) is 1. The fourth-order valence-corrected chi connectivity index (χ4v) is 1.71. The molecule has 1 aromatic rings. The van der Waals surface area contributed by atoms with Crippen molar-refractivity contribution in [3.63, 3.8) is 0 Å². The van der Waals surface area contributed by atoms with Crippen molar-refractivity contribution in [1.29, 1.82) is 0 Å². The van der Waals surface area contributed by atoms with Crippen molar-refractivity contribution in [3.05, 3.63) is 12.3 Å². The van der Waals surface area contributed by atoms with Gasteiger partial charge in [0, 0.05) is 18.0 Å². The Bertz CT molecular complexity index is 435. The first-order valence-corrected chi connectivity index (χ1v) is 6.84. The molecule has 0 aliphatic rings. The molecule has 1 rings (SSSR count). The molecule has 0 atom stereocenters. The predicted octanol–water partition coefficient (Wildman–Crippen LogP) is 2.29. The maximum absolute atomic E-state index is 12.3. The normalized spacial score (nSPS) is 11.2. The largest absolute Gasteiger partial charge is 0.363 e. The second-order valence-corrected chi connectivity index (χ2v) is 5.76. The van der Waals surface area contributed by atoms with Gasteiger partial charge in [-0.2, -0.15) is 0 Å². The minimum Gasteiger partial charge on any atom is -0.363 e.